The lowest BCUT2D eigenvalue weighted by molar-refractivity contribution is -0.118. The van der Waals surface area contributed by atoms with E-state index in [2.05, 4.69) is 10.3 Å². The summed E-state index contributed by atoms with van der Waals surface area (Å²) in [7, 11) is 0. The van der Waals surface area contributed by atoms with E-state index in [0.29, 0.717) is 11.4 Å². The van der Waals surface area contributed by atoms with Crippen LogP contribution in [0.3, 0.4) is 0 Å². The Labute approximate surface area is 153 Å². The van der Waals surface area contributed by atoms with Crippen molar-refractivity contribution in [3.8, 4) is 11.6 Å². The lowest BCUT2D eigenvalue weighted by Gasteiger charge is -2.13. The van der Waals surface area contributed by atoms with Crippen molar-refractivity contribution < 1.29 is 14.3 Å². The van der Waals surface area contributed by atoms with E-state index in [4.69, 9.17) is 4.42 Å². The van der Waals surface area contributed by atoms with E-state index in [-0.39, 0.29) is 29.2 Å². The van der Waals surface area contributed by atoms with Gasteiger partial charge in [0.1, 0.15) is 5.76 Å². The second kappa shape index (κ2) is 7.92. The first kappa shape index (κ1) is 17.8. The highest BCUT2D eigenvalue weighted by Crippen LogP contribution is 2.22. The molecule has 1 aromatic carbocycles. The van der Waals surface area contributed by atoms with Gasteiger partial charge in [0.2, 0.25) is 11.8 Å². The summed E-state index contributed by atoms with van der Waals surface area (Å²) in [6, 6.07) is 11.9. The summed E-state index contributed by atoms with van der Waals surface area (Å²) < 4.78 is 6.54. The SMILES string of the molecule is Cc1ccccc1-n1c(SCC(=O)NCc2ccco2)nc(O)cc1=O. The van der Waals surface area contributed by atoms with E-state index >= 15 is 0 Å². The average molecular weight is 371 g/mol. The Morgan fingerprint density at radius 1 is 1.31 bits per heavy atom. The second-order valence-corrected chi connectivity index (χ2v) is 6.44. The molecule has 0 saturated carbocycles. The first-order chi connectivity index (χ1) is 12.5. The van der Waals surface area contributed by atoms with Crippen LogP contribution in [0.1, 0.15) is 11.3 Å². The molecular weight excluding hydrogens is 354 g/mol. The number of carbonyl (C=O) groups is 1. The fourth-order valence-electron chi connectivity index (χ4n) is 2.36. The Morgan fingerprint density at radius 2 is 2.12 bits per heavy atom. The van der Waals surface area contributed by atoms with Crippen molar-refractivity contribution in [1.82, 2.24) is 14.9 Å². The highest BCUT2D eigenvalue weighted by molar-refractivity contribution is 7.99. The minimum atomic E-state index is -0.412. The van der Waals surface area contributed by atoms with Gasteiger partial charge in [-0.05, 0) is 30.7 Å². The van der Waals surface area contributed by atoms with Gasteiger partial charge >= 0.3 is 0 Å². The van der Waals surface area contributed by atoms with Crippen molar-refractivity contribution in [2.24, 2.45) is 0 Å². The highest BCUT2D eigenvalue weighted by atomic mass is 32.2. The Balaban J connectivity index is 1.78. The summed E-state index contributed by atoms with van der Waals surface area (Å²) in [6.45, 7) is 2.16. The molecule has 134 valence electrons. The zero-order valence-electron chi connectivity index (χ0n) is 14.0. The molecule has 0 aliphatic rings. The van der Waals surface area contributed by atoms with E-state index in [0.717, 1.165) is 23.4 Å². The zero-order chi connectivity index (χ0) is 18.5. The van der Waals surface area contributed by atoms with Crippen LogP contribution in [0.2, 0.25) is 0 Å². The number of carbonyl (C=O) groups excluding carboxylic acids is 1. The fourth-order valence-corrected chi connectivity index (χ4v) is 3.20. The van der Waals surface area contributed by atoms with E-state index in [1.807, 2.05) is 25.1 Å². The van der Waals surface area contributed by atoms with Gasteiger partial charge in [-0.2, -0.15) is 4.98 Å². The number of para-hydroxylation sites is 1. The van der Waals surface area contributed by atoms with Crippen molar-refractivity contribution in [3.05, 3.63) is 70.4 Å². The number of hydrogen-bond acceptors (Lipinski definition) is 6. The van der Waals surface area contributed by atoms with E-state index in [1.165, 1.54) is 10.8 Å². The summed E-state index contributed by atoms with van der Waals surface area (Å²) >= 11 is 1.07. The van der Waals surface area contributed by atoms with Crippen molar-refractivity contribution >= 4 is 17.7 Å². The molecule has 0 fully saturated rings. The maximum absolute atomic E-state index is 12.4. The molecule has 0 aliphatic carbocycles. The molecule has 3 aromatic rings. The molecule has 7 nitrogen and oxygen atoms in total. The molecule has 2 N–H and O–H groups in total. The highest BCUT2D eigenvalue weighted by Gasteiger charge is 2.14. The van der Waals surface area contributed by atoms with Crippen LogP contribution >= 0.6 is 11.8 Å². The third-order valence-corrected chi connectivity index (χ3v) is 4.54. The van der Waals surface area contributed by atoms with E-state index < -0.39 is 5.56 Å². The zero-order valence-corrected chi connectivity index (χ0v) is 14.8. The molecule has 0 saturated heterocycles. The molecule has 26 heavy (non-hydrogen) atoms. The molecule has 8 heteroatoms. The molecule has 0 spiro atoms. The summed E-state index contributed by atoms with van der Waals surface area (Å²) in [6.07, 6.45) is 1.54. The Morgan fingerprint density at radius 3 is 2.85 bits per heavy atom. The van der Waals surface area contributed by atoms with Crippen LogP contribution < -0.4 is 10.9 Å². The minimum Gasteiger partial charge on any atom is -0.493 e. The monoisotopic (exact) mass is 371 g/mol. The van der Waals surface area contributed by atoms with Crippen LogP contribution in [0.15, 0.2) is 63.1 Å². The standard InChI is InChI=1S/C18H17N3O4S/c1-12-5-2-3-7-14(12)21-17(24)9-15(22)20-18(21)26-11-16(23)19-10-13-6-4-8-25-13/h2-9,22H,10-11H2,1H3,(H,19,23). The molecule has 0 radical (unpaired) electrons. The van der Waals surface area contributed by atoms with Gasteiger partial charge < -0.3 is 14.8 Å². The Hall–Kier alpha value is -3.00. The first-order valence-electron chi connectivity index (χ1n) is 7.85. The summed E-state index contributed by atoms with van der Waals surface area (Å²) in [4.78, 5) is 28.4. The average Bonchev–Trinajstić information content (AvgIpc) is 3.12. The third-order valence-electron chi connectivity index (χ3n) is 3.60. The van der Waals surface area contributed by atoms with Crippen molar-refractivity contribution in [3.63, 3.8) is 0 Å². The van der Waals surface area contributed by atoms with Gasteiger partial charge in [0.15, 0.2) is 5.16 Å². The van der Waals surface area contributed by atoms with Gasteiger partial charge in [0, 0.05) is 0 Å². The normalized spacial score (nSPS) is 10.7. The molecule has 1 amide bonds. The van der Waals surface area contributed by atoms with Crippen molar-refractivity contribution in [2.45, 2.75) is 18.6 Å². The number of aryl methyl sites for hydroxylation is 1. The number of nitrogens with zero attached hydrogens (tertiary/aromatic N) is 2. The van der Waals surface area contributed by atoms with Gasteiger partial charge in [-0.1, -0.05) is 30.0 Å². The third kappa shape index (κ3) is 4.15. The van der Waals surface area contributed by atoms with Gasteiger partial charge in [-0.15, -0.1) is 0 Å². The Bertz CT molecular complexity index is 967. The maximum atomic E-state index is 12.4. The number of amides is 1. The predicted molar refractivity (Wildman–Crippen MR) is 97.5 cm³/mol. The lowest BCUT2D eigenvalue weighted by atomic mass is 10.2. The molecule has 0 atom stereocenters. The van der Waals surface area contributed by atoms with Crippen LogP contribution in [0.5, 0.6) is 5.88 Å². The first-order valence-corrected chi connectivity index (χ1v) is 8.84. The molecular formula is C18H17N3O4S. The maximum Gasteiger partial charge on any atom is 0.262 e. The van der Waals surface area contributed by atoms with Crippen LogP contribution in [-0.4, -0.2) is 26.3 Å². The number of furan rings is 1. The number of aromatic hydroxyl groups is 1. The number of thioether (sulfide) groups is 1. The predicted octanol–water partition coefficient (Wildman–Crippen LogP) is 2.25. The molecule has 3 rings (SSSR count). The smallest absolute Gasteiger partial charge is 0.262 e. The molecule has 0 unspecified atom stereocenters. The van der Waals surface area contributed by atoms with Crippen molar-refractivity contribution in [1.29, 1.82) is 0 Å². The number of nitrogens with one attached hydrogen (secondary N) is 1. The molecule has 0 aliphatic heterocycles. The van der Waals surface area contributed by atoms with Crippen LogP contribution in [0.25, 0.3) is 5.69 Å². The topological polar surface area (TPSA) is 97.4 Å². The van der Waals surface area contributed by atoms with Crippen LogP contribution in [-0.2, 0) is 11.3 Å². The quantitative estimate of drug-likeness (QED) is 0.509. The minimum absolute atomic E-state index is 0.0441. The molecule has 2 heterocycles. The molecule has 0 bridgehead atoms. The number of rotatable bonds is 6. The number of benzene rings is 1. The summed E-state index contributed by atoms with van der Waals surface area (Å²) in [5, 5.41) is 12.6. The number of hydrogen-bond donors (Lipinski definition) is 2. The van der Waals surface area contributed by atoms with Gasteiger partial charge in [0.25, 0.3) is 5.56 Å². The van der Waals surface area contributed by atoms with E-state index in [9.17, 15) is 14.7 Å². The van der Waals surface area contributed by atoms with Crippen molar-refractivity contribution in [2.75, 3.05) is 5.75 Å². The van der Waals surface area contributed by atoms with Gasteiger partial charge in [-0.25, -0.2) is 0 Å². The van der Waals surface area contributed by atoms with Gasteiger partial charge in [-0.3, -0.25) is 14.2 Å². The second-order valence-electron chi connectivity index (χ2n) is 5.50. The summed E-state index contributed by atoms with van der Waals surface area (Å²) in [5.41, 5.74) is 1.12. The fraction of sp³-hybridized carbons (Fsp3) is 0.167. The van der Waals surface area contributed by atoms with Gasteiger partial charge in [0.05, 0.1) is 30.3 Å². The Kier molecular flexibility index (Phi) is 5.43. The lowest BCUT2D eigenvalue weighted by Crippen LogP contribution is -2.26. The molecule has 2 aromatic heterocycles. The number of aromatic nitrogens is 2. The van der Waals surface area contributed by atoms with E-state index in [1.54, 1.807) is 18.2 Å². The largest absolute Gasteiger partial charge is 0.493 e. The van der Waals surface area contributed by atoms with Crippen LogP contribution in [0.4, 0.5) is 0 Å². The summed E-state index contributed by atoms with van der Waals surface area (Å²) in [5.74, 6) is 0.0805. The van der Waals surface area contributed by atoms with Crippen LogP contribution in [0, 0.1) is 6.92 Å².